The van der Waals surface area contributed by atoms with E-state index in [1.807, 2.05) is 13.8 Å². The molecular weight excluding hydrogens is 196 g/mol. The number of aliphatic carboxylic acids is 1. The highest BCUT2D eigenvalue weighted by atomic mass is 16.4. The predicted molar refractivity (Wildman–Crippen MR) is 57.6 cm³/mol. The standard InChI is InChI=1S/C10H20N2O3/c1-7(2)12-10(15)8(3)11-6-4-5-9(13)14/h7-8,11H,4-6H2,1-3H3,(H,12,15)(H,13,14). The third-order valence-electron chi connectivity index (χ3n) is 1.84. The Bertz CT molecular complexity index is 217. The molecule has 0 aliphatic carbocycles. The lowest BCUT2D eigenvalue weighted by atomic mass is 10.2. The largest absolute Gasteiger partial charge is 0.481 e. The van der Waals surface area contributed by atoms with Crippen LogP contribution in [0.3, 0.4) is 0 Å². The molecule has 0 spiro atoms. The summed E-state index contributed by atoms with van der Waals surface area (Å²) in [4.78, 5) is 21.6. The summed E-state index contributed by atoms with van der Waals surface area (Å²) in [6, 6.07) is -0.151. The van der Waals surface area contributed by atoms with Gasteiger partial charge in [-0.15, -0.1) is 0 Å². The molecule has 1 unspecified atom stereocenters. The van der Waals surface area contributed by atoms with E-state index in [0.717, 1.165) is 0 Å². The van der Waals surface area contributed by atoms with Gasteiger partial charge in [0.15, 0.2) is 0 Å². The summed E-state index contributed by atoms with van der Waals surface area (Å²) >= 11 is 0. The van der Waals surface area contributed by atoms with Gasteiger partial charge in [-0.25, -0.2) is 0 Å². The zero-order valence-electron chi connectivity index (χ0n) is 9.54. The van der Waals surface area contributed by atoms with Crippen LogP contribution in [0.25, 0.3) is 0 Å². The Kier molecular flexibility index (Phi) is 6.70. The molecule has 0 aliphatic heterocycles. The van der Waals surface area contributed by atoms with Gasteiger partial charge in [-0.05, 0) is 33.7 Å². The summed E-state index contributed by atoms with van der Waals surface area (Å²) in [5.41, 5.74) is 0. The van der Waals surface area contributed by atoms with E-state index in [0.29, 0.717) is 13.0 Å². The molecule has 3 N–H and O–H groups in total. The first-order valence-corrected chi connectivity index (χ1v) is 5.19. The van der Waals surface area contributed by atoms with Gasteiger partial charge in [0.2, 0.25) is 5.91 Å². The summed E-state index contributed by atoms with van der Waals surface area (Å²) in [5, 5.41) is 14.1. The van der Waals surface area contributed by atoms with Crippen molar-refractivity contribution in [2.75, 3.05) is 6.54 Å². The highest BCUT2D eigenvalue weighted by molar-refractivity contribution is 5.81. The van der Waals surface area contributed by atoms with E-state index in [9.17, 15) is 9.59 Å². The Hall–Kier alpha value is -1.10. The van der Waals surface area contributed by atoms with Crippen LogP contribution >= 0.6 is 0 Å². The molecular formula is C10H20N2O3. The van der Waals surface area contributed by atoms with E-state index < -0.39 is 5.97 Å². The lowest BCUT2D eigenvalue weighted by Crippen LogP contribution is -2.44. The fourth-order valence-electron chi connectivity index (χ4n) is 1.06. The monoisotopic (exact) mass is 216 g/mol. The van der Waals surface area contributed by atoms with Crippen molar-refractivity contribution in [3.05, 3.63) is 0 Å². The number of nitrogens with one attached hydrogen (secondary N) is 2. The summed E-state index contributed by atoms with van der Waals surface area (Å²) < 4.78 is 0. The SMILES string of the molecule is CC(C)NC(=O)C(C)NCCCC(=O)O. The molecule has 0 radical (unpaired) electrons. The normalized spacial score (nSPS) is 12.5. The van der Waals surface area contributed by atoms with Crippen LogP contribution in [0.4, 0.5) is 0 Å². The molecule has 0 heterocycles. The molecule has 0 aromatic rings. The fraction of sp³-hybridized carbons (Fsp3) is 0.800. The number of carbonyl (C=O) groups excluding carboxylic acids is 1. The maximum absolute atomic E-state index is 11.4. The van der Waals surface area contributed by atoms with Crippen LogP contribution < -0.4 is 10.6 Å². The summed E-state index contributed by atoms with van der Waals surface area (Å²) in [6.45, 7) is 6.10. The van der Waals surface area contributed by atoms with Crippen LogP contribution in [0.1, 0.15) is 33.6 Å². The lowest BCUT2D eigenvalue weighted by Gasteiger charge is -2.15. The van der Waals surface area contributed by atoms with Crippen LogP contribution in [-0.2, 0) is 9.59 Å². The quantitative estimate of drug-likeness (QED) is 0.537. The molecule has 0 aromatic heterocycles. The van der Waals surface area contributed by atoms with Crippen molar-refractivity contribution in [1.82, 2.24) is 10.6 Å². The summed E-state index contributed by atoms with van der Waals surface area (Å²) in [6.07, 6.45) is 0.667. The minimum Gasteiger partial charge on any atom is -0.481 e. The minimum atomic E-state index is -0.809. The average Bonchev–Trinajstić information content (AvgIpc) is 2.10. The summed E-state index contributed by atoms with van der Waals surface area (Å²) in [7, 11) is 0. The zero-order chi connectivity index (χ0) is 11.8. The van der Waals surface area contributed by atoms with E-state index in [1.165, 1.54) is 0 Å². The second kappa shape index (κ2) is 7.23. The van der Waals surface area contributed by atoms with Gasteiger partial charge in [0.1, 0.15) is 0 Å². The number of hydrogen-bond donors (Lipinski definition) is 3. The second-order valence-electron chi connectivity index (χ2n) is 3.84. The van der Waals surface area contributed by atoms with Crippen LogP contribution in [-0.4, -0.2) is 35.6 Å². The Morgan fingerprint density at radius 3 is 2.33 bits per heavy atom. The molecule has 0 aromatic carbocycles. The molecule has 0 bridgehead atoms. The molecule has 88 valence electrons. The molecule has 5 nitrogen and oxygen atoms in total. The van der Waals surface area contributed by atoms with E-state index >= 15 is 0 Å². The Labute approximate surface area is 90.2 Å². The molecule has 1 amide bonds. The average molecular weight is 216 g/mol. The Morgan fingerprint density at radius 2 is 1.87 bits per heavy atom. The predicted octanol–water partition coefficient (Wildman–Crippen LogP) is 0.354. The van der Waals surface area contributed by atoms with Crippen LogP contribution in [0.5, 0.6) is 0 Å². The molecule has 0 rings (SSSR count). The number of carboxylic acid groups (broad SMARTS) is 1. The van der Waals surface area contributed by atoms with E-state index in [4.69, 9.17) is 5.11 Å². The first kappa shape index (κ1) is 13.9. The number of amides is 1. The van der Waals surface area contributed by atoms with Gasteiger partial charge in [-0.2, -0.15) is 0 Å². The maximum Gasteiger partial charge on any atom is 0.303 e. The molecule has 0 fully saturated rings. The van der Waals surface area contributed by atoms with E-state index in [1.54, 1.807) is 6.92 Å². The Morgan fingerprint density at radius 1 is 1.27 bits per heavy atom. The first-order chi connectivity index (χ1) is 6.93. The van der Waals surface area contributed by atoms with Crippen molar-refractivity contribution >= 4 is 11.9 Å². The van der Waals surface area contributed by atoms with Gasteiger partial charge in [-0.3, -0.25) is 9.59 Å². The van der Waals surface area contributed by atoms with E-state index in [2.05, 4.69) is 10.6 Å². The van der Waals surface area contributed by atoms with Crippen molar-refractivity contribution in [2.24, 2.45) is 0 Å². The number of carbonyl (C=O) groups is 2. The third kappa shape index (κ3) is 7.93. The highest BCUT2D eigenvalue weighted by Gasteiger charge is 2.12. The van der Waals surface area contributed by atoms with Crippen LogP contribution in [0.15, 0.2) is 0 Å². The molecule has 0 saturated carbocycles. The van der Waals surface area contributed by atoms with Crippen molar-refractivity contribution < 1.29 is 14.7 Å². The topological polar surface area (TPSA) is 78.4 Å². The van der Waals surface area contributed by atoms with Gasteiger partial charge in [0, 0.05) is 12.5 Å². The number of carboxylic acids is 1. The molecule has 1 atom stereocenters. The molecule has 0 aliphatic rings. The van der Waals surface area contributed by atoms with E-state index in [-0.39, 0.29) is 24.4 Å². The third-order valence-corrected chi connectivity index (χ3v) is 1.84. The van der Waals surface area contributed by atoms with Crippen molar-refractivity contribution in [1.29, 1.82) is 0 Å². The zero-order valence-corrected chi connectivity index (χ0v) is 9.54. The summed E-state index contributed by atoms with van der Waals surface area (Å²) in [5.74, 6) is -0.864. The van der Waals surface area contributed by atoms with Crippen molar-refractivity contribution in [3.63, 3.8) is 0 Å². The number of rotatable bonds is 7. The Balaban J connectivity index is 3.60. The van der Waals surface area contributed by atoms with Gasteiger partial charge in [0.05, 0.1) is 6.04 Å². The minimum absolute atomic E-state index is 0.0553. The van der Waals surface area contributed by atoms with Gasteiger partial charge < -0.3 is 15.7 Å². The highest BCUT2D eigenvalue weighted by Crippen LogP contribution is 1.89. The van der Waals surface area contributed by atoms with Crippen LogP contribution in [0.2, 0.25) is 0 Å². The maximum atomic E-state index is 11.4. The smallest absolute Gasteiger partial charge is 0.303 e. The number of hydrogen-bond acceptors (Lipinski definition) is 3. The van der Waals surface area contributed by atoms with Crippen molar-refractivity contribution in [2.45, 2.75) is 45.7 Å². The molecule has 15 heavy (non-hydrogen) atoms. The molecule has 0 saturated heterocycles. The first-order valence-electron chi connectivity index (χ1n) is 5.19. The van der Waals surface area contributed by atoms with Crippen LogP contribution in [0, 0.1) is 0 Å². The molecule has 5 heteroatoms. The van der Waals surface area contributed by atoms with Gasteiger partial charge in [-0.1, -0.05) is 0 Å². The second-order valence-corrected chi connectivity index (χ2v) is 3.84. The lowest BCUT2D eigenvalue weighted by molar-refractivity contribution is -0.137. The fourth-order valence-corrected chi connectivity index (χ4v) is 1.06. The van der Waals surface area contributed by atoms with Gasteiger partial charge >= 0.3 is 5.97 Å². The van der Waals surface area contributed by atoms with Gasteiger partial charge in [0.25, 0.3) is 0 Å². The van der Waals surface area contributed by atoms with Crippen molar-refractivity contribution in [3.8, 4) is 0 Å².